The van der Waals surface area contributed by atoms with Crippen molar-refractivity contribution in [3.63, 3.8) is 0 Å². The van der Waals surface area contributed by atoms with Crippen molar-refractivity contribution in [2.24, 2.45) is 7.05 Å². The minimum Gasteiger partial charge on any atom is -0.382 e. The summed E-state index contributed by atoms with van der Waals surface area (Å²) in [5.74, 6) is 0.539. The minimum absolute atomic E-state index is 0.0153. The number of fused-ring (bicyclic) bond motifs is 1. The smallest absolute Gasteiger partial charge is 0.321 e. The highest BCUT2D eigenvalue weighted by Crippen LogP contribution is 2.38. The van der Waals surface area contributed by atoms with Crippen molar-refractivity contribution in [2.75, 3.05) is 25.9 Å². The van der Waals surface area contributed by atoms with Crippen LogP contribution in [0.4, 0.5) is 10.6 Å². The van der Waals surface area contributed by atoms with Gasteiger partial charge >= 0.3 is 6.03 Å². The van der Waals surface area contributed by atoms with Crippen LogP contribution in [0.3, 0.4) is 0 Å². The predicted molar refractivity (Wildman–Crippen MR) is 89.9 cm³/mol. The number of carbonyl (C=O) groups is 1. The summed E-state index contributed by atoms with van der Waals surface area (Å²) in [6.07, 6.45) is 0. The first-order valence-electron chi connectivity index (χ1n) is 8.23. The van der Waals surface area contributed by atoms with Crippen molar-refractivity contribution in [3.05, 3.63) is 11.3 Å². The zero-order valence-corrected chi connectivity index (χ0v) is 15.0. The normalized spacial score (nSPS) is 27.4. The molecule has 1 aromatic heterocycles. The molecule has 1 fully saturated rings. The maximum atomic E-state index is 13.2. The number of anilines is 1. The quantitative estimate of drug-likeness (QED) is 0.785. The van der Waals surface area contributed by atoms with Crippen molar-refractivity contribution in [1.29, 1.82) is 0 Å². The van der Waals surface area contributed by atoms with Gasteiger partial charge in [0.1, 0.15) is 0 Å². The lowest BCUT2D eigenvalue weighted by Gasteiger charge is -2.49. The molecule has 7 heteroatoms. The minimum atomic E-state index is -0.0267. The van der Waals surface area contributed by atoms with Gasteiger partial charge < -0.3 is 15.5 Å². The molecule has 2 aliphatic heterocycles. The molecule has 0 spiro atoms. The standard InChI is InChI=1S/C16H28N6O/c1-10-7-19(5)16(3,4)9-22(10)15(23)21-8-12-13(11(21)2)14(17)18-20(12)6/h10-11H,7-9H2,1-6H3,(H2,17,18)/t10-,11?/m0/s1. The van der Waals surface area contributed by atoms with Gasteiger partial charge in [0, 0.05) is 37.3 Å². The molecule has 128 valence electrons. The molecule has 0 radical (unpaired) electrons. The number of likely N-dealkylation sites (N-methyl/N-ethyl adjacent to an activating group) is 1. The Labute approximate surface area is 138 Å². The van der Waals surface area contributed by atoms with Crippen LogP contribution in [0.15, 0.2) is 0 Å². The van der Waals surface area contributed by atoms with E-state index in [0.717, 1.165) is 24.3 Å². The van der Waals surface area contributed by atoms with Crippen LogP contribution in [0.5, 0.6) is 0 Å². The van der Waals surface area contributed by atoms with Gasteiger partial charge in [-0.15, -0.1) is 0 Å². The Morgan fingerprint density at radius 2 is 1.91 bits per heavy atom. The van der Waals surface area contributed by atoms with E-state index in [1.807, 2.05) is 23.8 Å². The van der Waals surface area contributed by atoms with Gasteiger partial charge in [0.05, 0.1) is 18.3 Å². The number of urea groups is 1. The van der Waals surface area contributed by atoms with Gasteiger partial charge in [-0.2, -0.15) is 5.10 Å². The Kier molecular flexibility index (Phi) is 3.59. The van der Waals surface area contributed by atoms with Crippen molar-refractivity contribution >= 4 is 11.8 Å². The number of nitrogens with zero attached hydrogens (tertiary/aromatic N) is 5. The first kappa shape index (κ1) is 16.1. The second-order valence-corrected chi connectivity index (χ2v) is 7.63. The summed E-state index contributed by atoms with van der Waals surface area (Å²) in [4.78, 5) is 19.4. The molecule has 2 amide bonds. The number of rotatable bonds is 0. The number of nitrogen functional groups attached to an aromatic ring is 1. The lowest BCUT2D eigenvalue weighted by Crippen LogP contribution is -2.64. The van der Waals surface area contributed by atoms with Gasteiger partial charge in [-0.3, -0.25) is 9.58 Å². The number of amides is 2. The lowest BCUT2D eigenvalue weighted by atomic mass is 9.97. The first-order valence-corrected chi connectivity index (χ1v) is 8.23. The molecule has 1 saturated heterocycles. The summed E-state index contributed by atoms with van der Waals surface area (Å²) < 4.78 is 1.80. The van der Waals surface area contributed by atoms with E-state index >= 15 is 0 Å². The van der Waals surface area contributed by atoms with Crippen LogP contribution < -0.4 is 5.73 Å². The monoisotopic (exact) mass is 320 g/mol. The average molecular weight is 320 g/mol. The Hall–Kier alpha value is -1.76. The number of aromatic nitrogens is 2. The zero-order valence-electron chi connectivity index (χ0n) is 15.0. The Bertz CT molecular complexity index is 637. The van der Waals surface area contributed by atoms with E-state index in [-0.39, 0.29) is 23.7 Å². The van der Waals surface area contributed by atoms with Crippen LogP contribution in [0.25, 0.3) is 0 Å². The molecule has 3 rings (SSSR count). The summed E-state index contributed by atoms with van der Waals surface area (Å²) in [5.41, 5.74) is 8.05. The third-order valence-electron chi connectivity index (χ3n) is 5.59. The molecule has 2 N–H and O–H groups in total. The first-order chi connectivity index (χ1) is 10.6. The fourth-order valence-corrected chi connectivity index (χ4v) is 3.78. The number of nitrogens with two attached hydrogens (primary N) is 1. The van der Waals surface area contributed by atoms with Crippen molar-refractivity contribution < 1.29 is 4.79 Å². The number of aryl methyl sites for hydroxylation is 1. The zero-order chi connectivity index (χ0) is 17.1. The molecule has 1 aromatic rings. The Balaban J connectivity index is 1.83. The summed E-state index contributed by atoms with van der Waals surface area (Å²) in [7, 11) is 4.01. The Morgan fingerprint density at radius 3 is 2.52 bits per heavy atom. The Morgan fingerprint density at radius 1 is 1.26 bits per heavy atom. The van der Waals surface area contributed by atoms with Crippen LogP contribution in [0.1, 0.15) is 45.0 Å². The van der Waals surface area contributed by atoms with Crippen LogP contribution in [0.2, 0.25) is 0 Å². The van der Waals surface area contributed by atoms with Crippen molar-refractivity contribution in [3.8, 4) is 0 Å². The van der Waals surface area contributed by atoms with E-state index < -0.39 is 0 Å². The topological polar surface area (TPSA) is 70.6 Å². The molecule has 1 unspecified atom stereocenters. The fraction of sp³-hybridized carbons (Fsp3) is 0.750. The van der Waals surface area contributed by atoms with E-state index in [0.29, 0.717) is 12.4 Å². The van der Waals surface area contributed by atoms with Gasteiger partial charge in [-0.1, -0.05) is 0 Å². The third-order valence-corrected chi connectivity index (χ3v) is 5.59. The second kappa shape index (κ2) is 5.12. The van der Waals surface area contributed by atoms with E-state index in [1.165, 1.54) is 0 Å². The molecule has 2 aliphatic rings. The van der Waals surface area contributed by atoms with Crippen molar-refractivity contribution in [2.45, 2.75) is 51.9 Å². The molecule has 0 saturated carbocycles. The van der Waals surface area contributed by atoms with Gasteiger partial charge in [-0.25, -0.2) is 4.79 Å². The fourth-order valence-electron chi connectivity index (χ4n) is 3.78. The van der Waals surface area contributed by atoms with Gasteiger partial charge in [0.2, 0.25) is 0 Å². The largest absolute Gasteiger partial charge is 0.382 e. The molecule has 3 heterocycles. The maximum absolute atomic E-state index is 13.2. The van der Waals surface area contributed by atoms with Gasteiger partial charge in [-0.05, 0) is 34.7 Å². The lowest BCUT2D eigenvalue weighted by molar-refractivity contribution is 0.0134. The molecule has 2 atom stereocenters. The molecule has 0 bridgehead atoms. The highest BCUT2D eigenvalue weighted by molar-refractivity contribution is 5.77. The number of hydrogen-bond donors (Lipinski definition) is 1. The second-order valence-electron chi connectivity index (χ2n) is 7.63. The van der Waals surface area contributed by atoms with E-state index in [1.54, 1.807) is 4.68 Å². The molecule has 23 heavy (non-hydrogen) atoms. The average Bonchev–Trinajstić information content (AvgIpc) is 2.93. The van der Waals surface area contributed by atoms with Gasteiger partial charge in [0.25, 0.3) is 0 Å². The predicted octanol–water partition coefficient (Wildman–Crippen LogP) is 1.41. The molecule has 0 aromatic carbocycles. The maximum Gasteiger partial charge on any atom is 0.321 e. The summed E-state index contributed by atoms with van der Waals surface area (Å²) in [6.45, 7) is 10.7. The van der Waals surface area contributed by atoms with E-state index in [2.05, 4.69) is 37.8 Å². The molecule has 0 aliphatic carbocycles. The number of hydrogen-bond acceptors (Lipinski definition) is 4. The van der Waals surface area contributed by atoms with Crippen LogP contribution in [-0.4, -0.2) is 62.2 Å². The summed E-state index contributed by atoms with van der Waals surface area (Å²) in [5, 5.41) is 4.27. The highest BCUT2D eigenvalue weighted by atomic mass is 16.2. The SMILES string of the molecule is CC1c2c(N)nn(C)c2CN1C(=O)N1CC(C)(C)N(C)C[C@@H]1C. The third kappa shape index (κ3) is 2.38. The van der Waals surface area contributed by atoms with Gasteiger partial charge in [0.15, 0.2) is 5.82 Å². The van der Waals surface area contributed by atoms with E-state index in [9.17, 15) is 4.79 Å². The van der Waals surface area contributed by atoms with E-state index in [4.69, 9.17) is 5.73 Å². The van der Waals surface area contributed by atoms with Crippen LogP contribution in [-0.2, 0) is 13.6 Å². The van der Waals surface area contributed by atoms with Crippen LogP contribution in [0, 0.1) is 0 Å². The summed E-state index contributed by atoms with van der Waals surface area (Å²) >= 11 is 0. The molecule has 7 nitrogen and oxygen atoms in total. The number of carbonyl (C=O) groups excluding carboxylic acids is 1. The molecular weight excluding hydrogens is 292 g/mol. The summed E-state index contributed by atoms with van der Waals surface area (Å²) in [6, 6.07) is 0.273. The highest BCUT2D eigenvalue weighted by Gasteiger charge is 2.42. The molecular formula is C16H28N6O. The van der Waals surface area contributed by atoms with Crippen molar-refractivity contribution in [1.82, 2.24) is 24.5 Å². The van der Waals surface area contributed by atoms with Crippen LogP contribution >= 0.6 is 0 Å². The number of piperazine rings is 1.